The summed E-state index contributed by atoms with van der Waals surface area (Å²) < 4.78 is 35.7. The molecule has 0 atom stereocenters. The van der Waals surface area contributed by atoms with E-state index in [0.717, 1.165) is 0 Å². The van der Waals surface area contributed by atoms with E-state index in [9.17, 15) is 18.0 Å². The zero-order valence-electron chi connectivity index (χ0n) is 7.72. The summed E-state index contributed by atoms with van der Waals surface area (Å²) in [5.41, 5.74) is 5.52. The number of nitrogen functional groups attached to an aromatic ring is 1. The fourth-order valence-corrected chi connectivity index (χ4v) is 0.906. The van der Waals surface area contributed by atoms with E-state index >= 15 is 0 Å². The van der Waals surface area contributed by atoms with Gasteiger partial charge in [0.25, 0.3) is 0 Å². The van der Waals surface area contributed by atoms with Crippen molar-refractivity contribution in [3.63, 3.8) is 0 Å². The molecule has 1 amide bonds. The molecule has 0 saturated heterocycles. The third kappa shape index (κ3) is 2.83. The summed E-state index contributed by atoms with van der Waals surface area (Å²) >= 11 is 0. The van der Waals surface area contributed by atoms with Crippen molar-refractivity contribution in [2.45, 2.75) is 13.1 Å². The van der Waals surface area contributed by atoms with Crippen LogP contribution in [0.15, 0.2) is 12.1 Å². The molecule has 1 aromatic rings. The van der Waals surface area contributed by atoms with Crippen LogP contribution in [0.5, 0.6) is 0 Å². The van der Waals surface area contributed by atoms with Crippen LogP contribution in [0, 0.1) is 6.92 Å². The average Bonchev–Trinajstić information content (AvgIpc) is 2.08. The lowest BCUT2D eigenvalue weighted by molar-refractivity contribution is -0.167. The number of carbonyl (C=O) groups is 1. The van der Waals surface area contributed by atoms with Gasteiger partial charge in [-0.1, -0.05) is 0 Å². The fraction of sp³-hybridized carbons (Fsp3) is 0.250. The molecule has 15 heavy (non-hydrogen) atoms. The molecule has 1 aromatic heterocycles. The molecule has 3 N–H and O–H groups in total. The SMILES string of the molecule is Cc1nc(N)ccc1NC(=O)C(F)(F)F. The molecule has 0 saturated carbocycles. The number of anilines is 2. The Morgan fingerprint density at radius 3 is 2.53 bits per heavy atom. The van der Waals surface area contributed by atoms with Crippen LogP contribution in [0.2, 0.25) is 0 Å². The van der Waals surface area contributed by atoms with Crippen LogP contribution in [-0.4, -0.2) is 17.1 Å². The molecule has 0 unspecified atom stereocenters. The fourth-order valence-electron chi connectivity index (χ4n) is 0.906. The Labute approximate surface area is 83.3 Å². The Morgan fingerprint density at radius 1 is 1.47 bits per heavy atom. The second kappa shape index (κ2) is 3.76. The minimum atomic E-state index is -4.91. The van der Waals surface area contributed by atoms with E-state index in [-0.39, 0.29) is 17.2 Å². The van der Waals surface area contributed by atoms with Gasteiger partial charge in [-0.05, 0) is 19.1 Å². The van der Waals surface area contributed by atoms with Crippen molar-refractivity contribution in [1.82, 2.24) is 4.98 Å². The van der Waals surface area contributed by atoms with Crippen molar-refractivity contribution < 1.29 is 18.0 Å². The normalized spacial score (nSPS) is 11.2. The quantitative estimate of drug-likeness (QED) is 0.751. The van der Waals surface area contributed by atoms with E-state index in [1.165, 1.54) is 19.1 Å². The monoisotopic (exact) mass is 219 g/mol. The predicted molar refractivity (Wildman–Crippen MR) is 48.1 cm³/mol. The van der Waals surface area contributed by atoms with Crippen molar-refractivity contribution in [3.8, 4) is 0 Å². The van der Waals surface area contributed by atoms with Gasteiger partial charge in [-0.15, -0.1) is 0 Å². The summed E-state index contributed by atoms with van der Waals surface area (Å²) in [5.74, 6) is -1.85. The number of rotatable bonds is 1. The second-order valence-electron chi connectivity index (χ2n) is 2.82. The molecule has 0 aliphatic heterocycles. The first-order valence-corrected chi connectivity index (χ1v) is 3.92. The molecular formula is C8H8F3N3O. The van der Waals surface area contributed by atoms with Crippen LogP contribution in [0.1, 0.15) is 5.69 Å². The highest BCUT2D eigenvalue weighted by atomic mass is 19.4. The van der Waals surface area contributed by atoms with Gasteiger partial charge < -0.3 is 11.1 Å². The first-order chi connectivity index (χ1) is 6.80. The molecule has 0 spiro atoms. The maximum Gasteiger partial charge on any atom is 0.471 e. The molecule has 0 fully saturated rings. The number of carbonyl (C=O) groups excluding carboxylic acids is 1. The summed E-state index contributed by atoms with van der Waals surface area (Å²) in [7, 11) is 0. The Bertz CT molecular complexity index is 389. The molecule has 1 heterocycles. The maximum absolute atomic E-state index is 11.9. The van der Waals surface area contributed by atoms with Crippen molar-refractivity contribution in [1.29, 1.82) is 0 Å². The van der Waals surface area contributed by atoms with Gasteiger partial charge in [0.05, 0.1) is 11.4 Å². The minimum absolute atomic E-state index is 0.00785. The number of nitrogens with zero attached hydrogens (tertiary/aromatic N) is 1. The van der Waals surface area contributed by atoms with E-state index in [4.69, 9.17) is 5.73 Å². The van der Waals surface area contributed by atoms with Crippen molar-refractivity contribution in [2.24, 2.45) is 0 Å². The Kier molecular flexibility index (Phi) is 2.83. The van der Waals surface area contributed by atoms with E-state index in [0.29, 0.717) is 0 Å². The predicted octanol–water partition coefficient (Wildman–Crippen LogP) is 1.47. The van der Waals surface area contributed by atoms with Crippen LogP contribution in [0.3, 0.4) is 0 Å². The van der Waals surface area contributed by atoms with Crippen LogP contribution in [0.25, 0.3) is 0 Å². The molecule has 0 aliphatic rings. The van der Waals surface area contributed by atoms with Crippen molar-refractivity contribution in [2.75, 3.05) is 11.1 Å². The number of pyridine rings is 1. The van der Waals surface area contributed by atoms with Gasteiger partial charge in [0, 0.05) is 0 Å². The lowest BCUT2D eigenvalue weighted by Crippen LogP contribution is -2.30. The van der Waals surface area contributed by atoms with Gasteiger partial charge in [0.2, 0.25) is 0 Å². The molecule has 0 aliphatic carbocycles. The number of aromatic nitrogens is 1. The molecule has 7 heteroatoms. The summed E-state index contributed by atoms with van der Waals surface area (Å²) in [6.45, 7) is 1.45. The number of amides is 1. The highest BCUT2D eigenvalue weighted by Crippen LogP contribution is 2.20. The lowest BCUT2D eigenvalue weighted by Gasteiger charge is -2.09. The standard InChI is InChI=1S/C8H8F3N3O/c1-4-5(2-3-6(12)13-4)14-7(15)8(9,10)11/h2-3H,1H3,(H2,12,13)(H,14,15). The van der Waals surface area contributed by atoms with Gasteiger partial charge in [0.1, 0.15) is 5.82 Å². The summed E-state index contributed by atoms with van der Waals surface area (Å²) in [6, 6.07) is 2.57. The summed E-state index contributed by atoms with van der Waals surface area (Å²) in [4.78, 5) is 14.3. The Hall–Kier alpha value is -1.79. The molecule has 4 nitrogen and oxygen atoms in total. The highest BCUT2D eigenvalue weighted by Gasteiger charge is 2.38. The molecule has 0 radical (unpaired) electrons. The number of halogens is 3. The molecule has 1 rings (SSSR count). The number of alkyl halides is 3. The summed E-state index contributed by atoms with van der Waals surface area (Å²) in [5, 5.41) is 1.70. The van der Waals surface area contributed by atoms with E-state index in [1.807, 2.05) is 0 Å². The van der Waals surface area contributed by atoms with Gasteiger partial charge in [0.15, 0.2) is 0 Å². The number of nitrogens with one attached hydrogen (secondary N) is 1. The van der Waals surface area contributed by atoms with Crippen LogP contribution in [-0.2, 0) is 4.79 Å². The topological polar surface area (TPSA) is 68.0 Å². The Balaban J connectivity index is 2.87. The highest BCUT2D eigenvalue weighted by molar-refractivity contribution is 5.95. The van der Waals surface area contributed by atoms with Crippen LogP contribution < -0.4 is 11.1 Å². The zero-order chi connectivity index (χ0) is 11.6. The maximum atomic E-state index is 11.9. The molecule has 0 aromatic carbocycles. The first kappa shape index (κ1) is 11.3. The first-order valence-electron chi connectivity index (χ1n) is 3.92. The molecule has 82 valence electrons. The summed E-state index contributed by atoms with van der Waals surface area (Å²) in [6.07, 6.45) is -4.91. The molecular weight excluding hydrogens is 211 g/mol. The average molecular weight is 219 g/mol. The third-order valence-corrected chi connectivity index (χ3v) is 1.61. The smallest absolute Gasteiger partial charge is 0.384 e. The van der Waals surface area contributed by atoms with Crippen molar-refractivity contribution >= 4 is 17.4 Å². The van der Waals surface area contributed by atoms with Gasteiger partial charge in [-0.25, -0.2) is 4.98 Å². The largest absolute Gasteiger partial charge is 0.471 e. The van der Waals surface area contributed by atoms with E-state index < -0.39 is 12.1 Å². The van der Waals surface area contributed by atoms with Gasteiger partial charge in [-0.2, -0.15) is 13.2 Å². The number of hydrogen-bond acceptors (Lipinski definition) is 3. The van der Waals surface area contributed by atoms with E-state index in [2.05, 4.69) is 4.98 Å². The number of hydrogen-bond donors (Lipinski definition) is 2. The third-order valence-electron chi connectivity index (χ3n) is 1.61. The van der Waals surface area contributed by atoms with Crippen LogP contribution in [0.4, 0.5) is 24.7 Å². The zero-order valence-corrected chi connectivity index (χ0v) is 7.72. The minimum Gasteiger partial charge on any atom is -0.384 e. The second-order valence-corrected chi connectivity index (χ2v) is 2.82. The van der Waals surface area contributed by atoms with Gasteiger partial charge in [-0.3, -0.25) is 4.79 Å². The number of aryl methyl sites for hydroxylation is 1. The lowest BCUT2D eigenvalue weighted by atomic mass is 10.3. The molecule has 0 bridgehead atoms. The van der Waals surface area contributed by atoms with Crippen LogP contribution >= 0.6 is 0 Å². The van der Waals surface area contributed by atoms with Gasteiger partial charge >= 0.3 is 12.1 Å². The van der Waals surface area contributed by atoms with Crippen molar-refractivity contribution in [3.05, 3.63) is 17.8 Å². The number of nitrogens with two attached hydrogens (primary N) is 1. The van der Waals surface area contributed by atoms with E-state index in [1.54, 1.807) is 5.32 Å². The Morgan fingerprint density at radius 2 is 2.07 bits per heavy atom.